The average molecular weight is 445 g/mol. The van der Waals surface area contributed by atoms with Crippen molar-refractivity contribution in [3.63, 3.8) is 0 Å². The number of carbonyl (C=O) groups is 1. The summed E-state index contributed by atoms with van der Waals surface area (Å²) < 4.78 is 23.8. The fourth-order valence-electron chi connectivity index (χ4n) is 3.37. The quantitative estimate of drug-likeness (QED) is 0.501. The first-order chi connectivity index (χ1) is 15.2. The topological polar surface area (TPSA) is 101 Å². The summed E-state index contributed by atoms with van der Waals surface area (Å²) >= 11 is 1.31. The Hall–Kier alpha value is -2.98. The van der Waals surface area contributed by atoms with Crippen molar-refractivity contribution in [1.29, 1.82) is 0 Å². The molecular weight excluding hydrogens is 420 g/mol. The molecule has 0 saturated carbocycles. The van der Waals surface area contributed by atoms with Crippen LogP contribution in [0.5, 0.6) is 11.5 Å². The van der Waals surface area contributed by atoms with Gasteiger partial charge in [0, 0.05) is 12.7 Å². The number of anilines is 1. The van der Waals surface area contributed by atoms with Crippen LogP contribution in [0.4, 0.5) is 5.69 Å². The number of methoxy groups -OCH3 is 2. The number of hydrogen-bond donors (Lipinski definition) is 1. The zero-order valence-electron chi connectivity index (χ0n) is 17.4. The van der Waals surface area contributed by atoms with E-state index in [1.165, 1.54) is 11.8 Å². The largest absolute Gasteiger partial charge is 0.497 e. The van der Waals surface area contributed by atoms with Crippen molar-refractivity contribution in [2.24, 2.45) is 0 Å². The lowest BCUT2D eigenvalue weighted by Crippen LogP contribution is -2.18. The first kappa shape index (κ1) is 21.3. The lowest BCUT2D eigenvalue weighted by Gasteiger charge is -2.14. The Kier molecular flexibility index (Phi) is 6.78. The van der Waals surface area contributed by atoms with E-state index in [1.54, 1.807) is 38.7 Å². The molecule has 2 aromatic heterocycles. The van der Waals surface area contributed by atoms with Gasteiger partial charge in [-0.2, -0.15) is 0 Å². The fraction of sp³-hybridized carbons (Fsp3) is 0.381. The number of nitrogens with one attached hydrogen (secondary N) is 1. The number of carbonyl (C=O) groups excluding carboxylic acids is 1. The van der Waals surface area contributed by atoms with Gasteiger partial charge in [0.2, 0.25) is 11.7 Å². The standard InChI is InChI=1S/C21H24N4O5S/c1-27-14-7-8-17(28-2)16(11-14)22-19(26)13-31-21-24-23-20(18-6-4-10-30-18)25(21)12-15-5-3-9-29-15/h4,6-8,10-11,15H,3,5,9,12-13H2,1-2H3,(H,22,26). The van der Waals surface area contributed by atoms with Crippen LogP contribution in [0, 0.1) is 0 Å². The second-order valence-corrected chi connectivity index (χ2v) is 7.87. The van der Waals surface area contributed by atoms with Crippen molar-refractivity contribution in [2.45, 2.75) is 30.6 Å². The maximum absolute atomic E-state index is 12.6. The number of ether oxygens (including phenoxy) is 3. The summed E-state index contributed by atoms with van der Waals surface area (Å²) in [5, 5.41) is 12.1. The van der Waals surface area contributed by atoms with Crippen molar-refractivity contribution in [1.82, 2.24) is 14.8 Å². The molecule has 3 heterocycles. The number of aromatic nitrogens is 3. The molecule has 31 heavy (non-hydrogen) atoms. The van der Waals surface area contributed by atoms with Crippen molar-refractivity contribution >= 4 is 23.4 Å². The van der Waals surface area contributed by atoms with E-state index >= 15 is 0 Å². The second-order valence-electron chi connectivity index (χ2n) is 6.93. The zero-order chi connectivity index (χ0) is 21.6. The van der Waals surface area contributed by atoms with Gasteiger partial charge in [-0.3, -0.25) is 9.36 Å². The molecule has 1 aromatic carbocycles. The van der Waals surface area contributed by atoms with Crippen LogP contribution in [0.25, 0.3) is 11.6 Å². The number of furan rings is 1. The van der Waals surface area contributed by atoms with Gasteiger partial charge in [0.15, 0.2) is 10.9 Å². The third kappa shape index (κ3) is 5.02. The summed E-state index contributed by atoms with van der Waals surface area (Å²) in [4.78, 5) is 12.6. The van der Waals surface area contributed by atoms with Crippen molar-refractivity contribution in [2.75, 3.05) is 31.9 Å². The molecule has 0 bridgehead atoms. The van der Waals surface area contributed by atoms with Gasteiger partial charge in [-0.25, -0.2) is 0 Å². The number of nitrogens with zero attached hydrogens (tertiary/aromatic N) is 3. The number of amides is 1. The summed E-state index contributed by atoms with van der Waals surface area (Å²) in [5.74, 6) is 2.40. The minimum atomic E-state index is -0.192. The van der Waals surface area contributed by atoms with E-state index in [0.29, 0.717) is 40.5 Å². The highest BCUT2D eigenvalue weighted by Gasteiger charge is 2.23. The Morgan fingerprint density at radius 1 is 1.29 bits per heavy atom. The van der Waals surface area contributed by atoms with Gasteiger partial charge in [0.1, 0.15) is 11.5 Å². The molecular formula is C21H24N4O5S. The average Bonchev–Trinajstić information content (AvgIpc) is 3.55. The molecule has 164 valence electrons. The fourth-order valence-corrected chi connectivity index (χ4v) is 4.12. The molecule has 1 atom stereocenters. The second kappa shape index (κ2) is 9.88. The summed E-state index contributed by atoms with van der Waals surface area (Å²) in [5.41, 5.74) is 0.546. The third-order valence-electron chi connectivity index (χ3n) is 4.88. The predicted molar refractivity (Wildman–Crippen MR) is 116 cm³/mol. The van der Waals surface area contributed by atoms with Gasteiger partial charge in [-0.05, 0) is 37.1 Å². The van der Waals surface area contributed by atoms with Crippen molar-refractivity contribution in [3.05, 3.63) is 36.6 Å². The maximum Gasteiger partial charge on any atom is 0.234 e. The van der Waals surface area contributed by atoms with Gasteiger partial charge in [0.05, 0.1) is 44.6 Å². The van der Waals surface area contributed by atoms with Gasteiger partial charge in [0.25, 0.3) is 0 Å². The van der Waals surface area contributed by atoms with E-state index in [1.807, 2.05) is 16.7 Å². The summed E-state index contributed by atoms with van der Waals surface area (Å²) in [6, 6.07) is 8.88. The third-order valence-corrected chi connectivity index (χ3v) is 5.85. The van der Waals surface area contributed by atoms with Gasteiger partial charge < -0.3 is 23.9 Å². The first-order valence-corrected chi connectivity index (χ1v) is 10.9. The van der Waals surface area contributed by atoms with Crippen molar-refractivity contribution in [3.8, 4) is 23.1 Å². The SMILES string of the molecule is COc1ccc(OC)c(NC(=O)CSc2nnc(-c3ccco3)n2CC2CCCO2)c1. The Morgan fingerprint density at radius 3 is 2.90 bits per heavy atom. The Bertz CT molecular complexity index is 1010. The molecule has 1 saturated heterocycles. The molecule has 3 aromatic rings. The molecule has 1 N–H and O–H groups in total. The minimum Gasteiger partial charge on any atom is -0.497 e. The lowest BCUT2D eigenvalue weighted by molar-refractivity contribution is -0.113. The maximum atomic E-state index is 12.6. The number of benzene rings is 1. The van der Waals surface area contributed by atoms with E-state index in [-0.39, 0.29) is 17.8 Å². The summed E-state index contributed by atoms with van der Waals surface area (Å²) in [6.45, 7) is 1.37. The van der Waals surface area contributed by atoms with Gasteiger partial charge >= 0.3 is 0 Å². The molecule has 4 rings (SSSR count). The highest BCUT2D eigenvalue weighted by molar-refractivity contribution is 7.99. The van der Waals surface area contributed by atoms with E-state index in [0.717, 1.165) is 19.4 Å². The van der Waals surface area contributed by atoms with Crippen LogP contribution in [0.2, 0.25) is 0 Å². The van der Waals surface area contributed by atoms with E-state index in [2.05, 4.69) is 15.5 Å². The highest BCUT2D eigenvalue weighted by Crippen LogP contribution is 2.30. The van der Waals surface area contributed by atoms with Crippen LogP contribution in [0.15, 0.2) is 46.2 Å². The normalized spacial score (nSPS) is 15.7. The highest BCUT2D eigenvalue weighted by atomic mass is 32.2. The molecule has 0 aliphatic carbocycles. The molecule has 0 radical (unpaired) electrons. The van der Waals surface area contributed by atoms with E-state index in [9.17, 15) is 4.79 Å². The molecule has 1 fully saturated rings. The molecule has 1 aliphatic heterocycles. The molecule has 1 unspecified atom stereocenters. The molecule has 10 heteroatoms. The first-order valence-electron chi connectivity index (χ1n) is 9.91. The van der Waals surface area contributed by atoms with Crippen LogP contribution < -0.4 is 14.8 Å². The van der Waals surface area contributed by atoms with Gasteiger partial charge in [-0.15, -0.1) is 10.2 Å². The number of hydrogen-bond acceptors (Lipinski definition) is 8. The smallest absolute Gasteiger partial charge is 0.234 e. The van der Waals surface area contributed by atoms with E-state index in [4.69, 9.17) is 18.6 Å². The number of rotatable bonds is 9. The molecule has 1 amide bonds. The Balaban J connectivity index is 1.47. The van der Waals surface area contributed by atoms with Crippen LogP contribution in [-0.4, -0.2) is 53.4 Å². The monoisotopic (exact) mass is 444 g/mol. The van der Waals surface area contributed by atoms with Gasteiger partial charge in [-0.1, -0.05) is 11.8 Å². The molecule has 0 spiro atoms. The van der Waals surface area contributed by atoms with Crippen LogP contribution in [-0.2, 0) is 16.1 Å². The Morgan fingerprint density at radius 2 is 2.19 bits per heavy atom. The summed E-state index contributed by atoms with van der Waals surface area (Å²) in [6.07, 6.45) is 3.72. The number of thioether (sulfide) groups is 1. The predicted octanol–water partition coefficient (Wildman–Crippen LogP) is 3.47. The lowest BCUT2D eigenvalue weighted by atomic mass is 10.2. The minimum absolute atomic E-state index is 0.0962. The molecule has 9 nitrogen and oxygen atoms in total. The van der Waals surface area contributed by atoms with Crippen LogP contribution in [0.3, 0.4) is 0 Å². The van der Waals surface area contributed by atoms with E-state index < -0.39 is 0 Å². The zero-order valence-corrected chi connectivity index (χ0v) is 18.2. The Labute approximate surface area is 184 Å². The van der Waals surface area contributed by atoms with Crippen LogP contribution in [0.1, 0.15) is 12.8 Å². The van der Waals surface area contributed by atoms with Crippen molar-refractivity contribution < 1.29 is 23.4 Å². The summed E-state index contributed by atoms with van der Waals surface area (Å²) in [7, 11) is 3.12. The molecule has 1 aliphatic rings. The van der Waals surface area contributed by atoms with Crippen LogP contribution >= 0.6 is 11.8 Å².